The van der Waals surface area contributed by atoms with Crippen molar-refractivity contribution >= 4 is 5.78 Å². The number of hydrogen-bond donors (Lipinski definition) is 0. The highest BCUT2D eigenvalue weighted by molar-refractivity contribution is 5.88. The highest BCUT2D eigenvalue weighted by Gasteiger charge is 2.25. The molecule has 0 amide bonds. The fourth-order valence-electron chi connectivity index (χ4n) is 1.26. The monoisotopic (exact) mass is 125 g/mol. The van der Waals surface area contributed by atoms with Gasteiger partial charge in [-0.15, -0.1) is 0 Å². The number of carbonyl (C=O) groups is 1. The minimum Gasteiger partial charge on any atom is -0.299 e. The van der Waals surface area contributed by atoms with Gasteiger partial charge in [-0.1, -0.05) is 13.8 Å². The van der Waals surface area contributed by atoms with Crippen LogP contribution in [0.25, 0.3) is 0 Å². The van der Waals surface area contributed by atoms with Crippen LogP contribution in [0, 0.1) is 11.8 Å². The Kier molecular flexibility index (Phi) is 1.60. The Hall–Kier alpha value is -0.330. The molecule has 0 N–H and O–H groups in total. The molecule has 1 saturated carbocycles. The molecule has 1 rings (SSSR count). The van der Waals surface area contributed by atoms with Crippen molar-refractivity contribution in [2.24, 2.45) is 5.41 Å². The molecule has 1 heteroatoms. The molecule has 0 atom stereocenters. The maximum atomic E-state index is 10.8. The summed E-state index contributed by atoms with van der Waals surface area (Å²) in [5.41, 5.74) is 0.270. The maximum Gasteiger partial charge on any atom is 0.137 e. The van der Waals surface area contributed by atoms with E-state index < -0.39 is 0 Å². The van der Waals surface area contributed by atoms with Crippen LogP contribution in [0.1, 0.15) is 33.1 Å². The van der Waals surface area contributed by atoms with Gasteiger partial charge in [-0.05, 0) is 18.3 Å². The number of carbonyl (C=O) groups excluding carboxylic acids is 1. The van der Waals surface area contributed by atoms with Gasteiger partial charge < -0.3 is 0 Å². The van der Waals surface area contributed by atoms with Crippen molar-refractivity contribution in [3.05, 3.63) is 6.42 Å². The molecule has 1 nitrogen and oxygen atoms in total. The van der Waals surface area contributed by atoms with Crippen LogP contribution in [0.2, 0.25) is 0 Å². The molecule has 0 spiro atoms. The molecule has 9 heavy (non-hydrogen) atoms. The van der Waals surface area contributed by atoms with E-state index in [2.05, 4.69) is 13.8 Å². The van der Waals surface area contributed by atoms with Crippen LogP contribution in [-0.2, 0) is 4.79 Å². The molecule has 1 aliphatic rings. The third-order valence-electron chi connectivity index (χ3n) is 1.85. The Morgan fingerprint density at radius 1 is 1.56 bits per heavy atom. The summed E-state index contributed by atoms with van der Waals surface area (Å²) in [5.74, 6) is 0.325. The lowest BCUT2D eigenvalue weighted by atomic mass is 9.77. The van der Waals surface area contributed by atoms with Crippen LogP contribution in [-0.4, -0.2) is 5.78 Å². The van der Waals surface area contributed by atoms with Crippen LogP contribution in [0.5, 0.6) is 0 Å². The lowest BCUT2D eigenvalue weighted by molar-refractivity contribution is -0.119. The second kappa shape index (κ2) is 2.13. The third kappa shape index (κ3) is 1.81. The van der Waals surface area contributed by atoms with Crippen molar-refractivity contribution in [1.82, 2.24) is 0 Å². The van der Waals surface area contributed by atoms with Crippen molar-refractivity contribution in [3.8, 4) is 0 Å². The van der Waals surface area contributed by atoms with Gasteiger partial charge in [0, 0.05) is 12.8 Å². The predicted molar refractivity (Wildman–Crippen MR) is 36.9 cm³/mol. The molecule has 1 aliphatic carbocycles. The van der Waals surface area contributed by atoms with Gasteiger partial charge in [-0.3, -0.25) is 4.79 Å². The standard InChI is InChI=1S/C8H13O/c1-8(2)5-3-4-7(9)6-8/h4H,3,5-6H2,1-2H3. The van der Waals surface area contributed by atoms with Crippen molar-refractivity contribution in [2.75, 3.05) is 0 Å². The van der Waals surface area contributed by atoms with Crippen molar-refractivity contribution in [3.63, 3.8) is 0 Å². The smallest absolute Gasteiger partial charge is 0.137 e. The first kappa shape index (κ1) is 6.79. The van der Waals surface area contributed by atoms with Gasteiger partial charge >= 0.3 is 0 Å². The van der Waals surface area contributed by atoms with Gasteiger partial charge in [0.15, 0.2) is 0 Å². The first-order valence-electron chi connectivity index (χ1n) is 3.46. The zero-order chi connectivity index (χ0) is 6.91. The summed E-state index contributed by atoms with van der Waals surface area (Å²) >= 11 is 0. The van der Waals surface area contributed by atoms with Gasteiger partial charge in [-0.25, -0.2) is 0 Å². The average molecular weight is 125 g/mol. The first-order chi connectivity index (χ1) is 4.10. The molecule has 0 aromatic heterocycles. The van der Waals surface area contributed by atoms with E-state index in [1.807, 2.05) is 6.42 Å². The van der Waals surface area contributed by atoms with E-state index in [-0.39, 0.29) is 5.41 Å². The SMILES string of the molecule is CC1(C)CC[CH]C(=O)C1. The van der Waals surface area contributed by atoms with E-state index in [9.17, 15) is 4.79 Å². The summed E-state index contributed by atoms with van der Waals surface area (Å²) in [6.45, 7) is 4.30. The van der Waals surface area contributed by atoms with E-state index in [0.29, 0.717) is 5.78 Å². The van der Waals surface area contributed by atoms with Crippen LogP contribution in [0.4, 0.5) is 0 Å². The molecular formula is C8H13O. The molecule has 0 heterocycles. The lowest BCUT2D eigenvalue weighted by Gasteiger charge is -2.27. The summed E-state index contributed by atoms with van der Waals surface area (Å²) in [4.78, 5) is 10.8. The largest absolute Gasteiger partial charge is 0.299 e. The average Bonchev–Trinajstić information content (AvgIpc) is 1.60. The normalized spacial score (nSPS) is 26.2. The number of Topliss-reactive ketones (excluding diaryl/α,β-unsaturated/α-hetero) is 1. The Morgan fingerprint density at radius 2 is 2.22 bits per heavy atom. The Bertz CT molecular complexity index is 125. The van der Waals surface area contributed by atoms with Gasteiger partial charge in [0.25, 0.3) is 0 Å². The second-order valence-corrected chi connectivity index (χ2v) is 3.55. The summed E-state index contributed by atoms with van der Waals surface area (Å²) in [6, 6.07) is 0. The van der Waals surface area contributed by atoms with E-state index in [1.54, 1.807) is 0 Å². The van der Waals surface area contributed by atoms with Crippen LogP contribution < -0.4 is 0 Å². The zero-order valence-electron chi connectivity index (χ0n) is 6.11. The molecule has 0 unspecified atom stereocenters. The predicted octanol–water partition coefficient (Wildman–Crippen LogP) is 1.97. The molecule has 0 aromatic carbocycles. The number of hydrogen-bond acceptors (Lipinski definition) is 1. The molecule has 0 saturated heterocycles. The van der Waals surface area contributed by atoms with Gasteiger partial charge in [0.05, 0.1) is 0 Å². The van der Waals surface area contributed by atoms with Crippen molar-refractivity contribution in [2.45, 2.75) is 33.1 Å². The Balaban J connectivity index is 2.51. The lowest BCUT2D eigenvalue weighted by Crippen LogP contribution is -2.22. The minimum atomic E-state index is 0.270. The van der Waals surface area contributed by atoms with Crippen LogP contribution in [0.3, 0.4) is 0 Å². The molecule has 51 valence electrons. The topological polar surface area (TPSA) is 17.1 Å². The van der Waals surface area contributed by atoms with E-state index >= 15 is 0 Å². The van der Waals surface area contributed by atoms with Gasteiger partial charge in [0.1, 0.15) is 5.78 Å². The number of ketones is 1. The minimum absolute atomic E-state index is 0.270. The maximum absolute atomic E-state index is 10.8. The van der Waals surface area contributed by atoms with Crippen LogP contribution >= 0.6 is 0 Å². The fourth-order valence-corrected chi connectivity index (χ4v) is 1.26. The summed E-state index contributed by atoms with van der Waals surface area (Å²) < 4.78 is 0. The Morgan fingerprint density at radius 3 is 2.56 bits per heavy atom. The molecule has 0 aliphatic heterocycles. The van der Waals surface area contributed by atoms with Gasteiger partial charge in [0.2, 0.25) is 0 Å². The van der Waals surface area contributed by atoms with Crippen molar-refractivity contribution < 1.29 is 4.79 Å². The summed E-state index contributed by atoms with van der Waals surface area (Å²) in [7, 11) is 0. The molecular weight excluding hydrogens is 112 g/mol. The highest BCUT2D eigenvalue weighted by Crippen LogP contribution is 2.32. The third-order valence-corrected chi connectivity index (χ3v) is 1.85. The highest BCUT2D eigenvalue weighted by atomic mass is 16.1. The molecule has 1 fully saturated rings. The summed E-state index contributed by atoms with van der Waals surface area (Å²) in [5, 5.41) is 0. The van der Waals surface area contributed by atoms with E-state index in [1.165, 1.54) is 6.42 Å². The van der Waals surface area contributed by atoms with E-state index in [4.69, 9.17) is 0 Å². The van der Waals surface area contributed by atoms with Crippen molar-refractivity contribution in [1.29, 1.82) is 0 Å². The zero-order valence-corrected chi connectivity index (χ0v) is 6.11. The van der Waals surface area contributed by atoms with Crippen LogP contribution in [0.15, 0.2) is 0 Å². The van der Waals surface area contributed by atoms with E-state index in [0.717, 1.165) is 12.8 Å². The van der Waals surface area contributed by atoms with Gasteiger partial charge in [-0.2, -0.15) is 0 Å². The fraction of sp³-hybridized carbons (Fsp3) is 0.750. The summed E-state index contributed by atoms with van der Waals surface area (Å²) in [6.07, 6.45) is 4.70. The quantitative estimate of drug-likeness (QED) is 0.483. The molecule has 1 radical (unpaired) electrons. The molecule has 0 bridgehead atoms. The molecule has 0 aromatic rings. The first-order valence-corrected chi connectivity index (χ1v) is 3.46. The number of rotatable bonds is 0. The second-order valence-electron chi connectivity index (χ2n) is 3.55. The Labute approximate surface area is 56.4 Å².